The molecule has 0 aromatic carbocycles. The van der Waals surface area contributed by atoms with Crippen LogP contribution in [0.5, 0.6) is 0 Å². The zero-order valence-electron chi connectivity index (χ0n) is 12.5. The minimum Gasteiger partial charge on any atom is -0.344 e. The normalized spacial score (nSPS) is 13.2. The van der Waals surface area contributed by atoms with Crippen LogP contribution in [0.25, 0.3) is 0 Å². The lowest BCUT2D eigenvalue weighted by atomic mass is 9.82. The van der Waals surface area contributed by atoms with Gasteiger partial charge in [-0.15, -0.1) is 0 Å². The van der Waals surface area contributed by atoms with Crippen molar-refractivity contribution < 1.29 is 0 Å². The van der Waals surface area contributed by atoms with E-state index in [1.54, 1.807) is 0 Å². The fourth-order valence-corrected chi connectivity index (χ4v) is 3.40. The van der Waals surface area contributed by atoms with Crippen LogP contribution >= 0.6 is 22.6 Å². The van der Waals surface area contributed by atoms with Gasteiger partial charge in [-0.25, -0.2) is 0 Å². The Morgan fingerprint density at radius 1 is 0.882 bits per heavy atom. The Morgan fingerprint density at radius 3 is 1.65 bits per heavy atom. The summed E-state index contributed by atoms with van der Waals surface area (Å²) in [6.07, 6.45) is 12.5. The number of rotatable bonds is 10. The lowest BCUT2D eigenvalue weighted by Crippen LogP contribution is -2.29. The number of hydrogen-bond donors (Lipinski definition) is 1. The molecule has 0 spiro atoms. The smallest absolute Gasteiger partial charge is 0.0248 e. The van der Waals surface area contributed by atoms with Crippen LogP contribution in [0, 0.1) is 5.92 Å². The molecule has 3 N–H and O–H groups in total. The van der Waals surface area contributed by atoms with Gasteiger partial charge in [0.2, 0.25) is 0 Å². The zero-order chi connectivity index (χ0) is 12.4. The van der Waals surface area contributed by atoms with E-state index in [0.717, 1.165) is 5.92 Å². The molecule has 0 bridgehead atoms. The molecule has 0 saturated heterocycles. The third kappa shape index (κ3) is 8.41. The van der Waals surface area contributed by atoms with Gasteiger partial charge in [-0.3, -0.25) is 0 Å². The number of alkyl halides is 1. The van der Waals surface area contributed by atoms with Crippen molar-refractivity contribution >= 4 is 22.6 Å². The maximum atomic E-state index is 2.79. The fourth-order valence-electron chi connectivity index (χ4n) is 2.33. The number of unbranched alkanes of at least 4 members (excludes halogenated alkanes) is 3. The first-order valence-corrected chi connectivity index (χ1v) is 8.37. The van der Waals surface area contributed by atoms with Crippen LogP contribution in [0.15, 0.2) is 0 Å². The van der Waals surface area contributed by atoms with Crippen molar-refractivity contribution in [3.05, 3.63) is 0 Å². The van der Waals surface area contributed by atoms with Gasteiger partial charge in [-0.05, 0) is 25.2 Å². The van der Waals surface area contributed by atoms with Crippen LogP contribution in [0.2, 0.25) is 0 Å². The third-order valence-electron chi connectivity index (χ3n) is 3.77. The Kier molecular flexibility index (Phi) is 13.8. The highest BCUT2D eigenvalue weighted by Crippen LogP contribution is 2.40. The fraction of sp³-hybridized carbons (Fsp3) is 1.00. The SMILES string of the molecule is CCCCC(C)C(I)(CCCC)CCCC.N. The van der Waals surface area contributed by atoms with Crippen LogP contribution in [-0.4, -0.2) is 3.42 Å². The predicted molar refractivity (Wildman–Crippen MR) is 89.5 cm³/mol. The second-order valence-corrected chi connectivity index (χ2v) is 7.43. The summed E-state index contributed by atoms with van der Waals surface area (Å²) in [5.41, 5.74) is 0. The minimum absolute atomic E-state index is 0. The monoisotopic (exact) mass is 355 g/mol. The first kappa shape index (κ1) is 20.0. The van der Waals surface area contributed by atoms with Crippen LogP contribution in [-0.2, 0) is 0 Å². The average Bonchev–Trinajstić information content (AvgIpc) is 2.30. The highest BCUT2D eigenvalue weighted by Gasteiger charge is 2.31. The van der Waals surface area contributed by atoms with Crippen molar-refractivity contribution in [1.82, 2.24) is 6.15 Å². The molecular weight excluding hydrogens is 321 g/mol. The van der Waals surface area contributed by atoms with E-state index in [4.69, 9.17) is 0 Å². The molecule has 0 aliphatic carbocycles. The van der Waals surface area contributed by atoms with Crippen LogP contribution in [0.3, 0.4) is 0 Å². The van der Waals surface area contributed by atoms with E-state index in [1.165, 1.54) is 57.8 Å². The van der Waals surface area contributed by atoms with Gasteiger partial charge in [-0.1, -0.05) is 88.8 Å². The summed E-state index contributed by atoms with van der Waals surface area (Å²) in [6, 6.07) is 0. The summed E-state index contributed by atoms with van der Waals surface area (Å²) in [5.74, 6) is 0.895. The standard InChI is InChI=1S/C15H31I.H3N/c1-5-8-11-14(4)15(16,12-9-6-2)13-10-7-3;/h14H,5-13H2,1-4H3;1H3. The van der Waals surface area contributed by atoms with Crippen LogP contribution in [0.1, 0.15) is 85.5 Å². The first-order valence-electron chi connectivity index (χ1n) is 7.29. The molecule has 0 aromatic rings. The molecule has 0 fully saturated rings. The molecule has 0 saturated carbocycles. The Bertz CT molecular complexity index is 151. The molecule has 17 heavy (non-hydrogen) atoms. The zero-order valence-corrected chi connectivity index (χ0v) is 14.7. The van der Waals surface area contributed by atoms with E-state index >= 15 is 0 Å². The second-order valence-electron chi connectivity index (χ2n) is 5.29. The lowest BCUT2D eigenvalue weighted by molar-refractivity contribution is 0.338. The Hall–Kier alpha value is 0.690. The van der Waals surface area contributed by atoms with Gasteiger partial charge in [0.25, 0.3) is 0 Å². The molecule has 0 aliphatic rings. The second kappa shape index (κ2) is 11.8. The van der Waals surface area contributed by atoms with E-state index in [2.05, 4.69) is 50.3 Å². The first-order chi connectivity index (χ1) is 7.60. The maximum absolute atomic E-state index is 2.79. The molecule has 0 radical (unpaired) electrons. The van der Waals surface area contributed by atoms with Gasteiger partial charge in [0.15, 0.2) is 0 Å². The Labute approximate surface area is 123 Å². The van der Waals surface area contributed by atoms with Crippen molar-refractivity contribution in [3.63, 3.8) is 0 Å². The minimum atomic E-state index is 0. The summed E-state index contributed by atoms with van der Waals surface area (Å²) in [6.45, 7) is 9.41. The highest BCUT2D eigenvalue weighted by atomic mass is 127. The Balaban J connectivity index is 0. The highest BCUT2D eigenvalue weighted by molar-refractivity contribution is 14.1. The van der Waals surface area contributed by atoms with E-state index < -0.39 is 0 Å². The lowest BCUT2D eigenvalue weighted by Gasteiger charge is -2.34. The molecule has 1 unspecified atom stereocenters. The van der Waals surface area contributed by atoms with Gasteiger partial charge in [0.05, 0.1) is 0 Å². The molecule has 1 atom stereocenters. The molecular formula is C15H34IN. The topological polar surface area (TPSA) is 35.0 Å². The summed E-state index contributed by atoms with van der Waals surface area (Å²) in [7, 11) is 0. The molecule has 0 amide bonds. The van der Waals surface area contributed by atoms with E-state index in [-0.39, 0.29) is 6.15 Å². The summed E-state index contributed by atoms with van der Waals surface area (Å²) >= 11 is 2.79. The Morgan fingerprint density at radius 2 is 1.29 bits per heavy atom. The van der Waals surface area contributed by atoms with Gasteiger partial charge in [0.1, 0.15) is 0 Å². The van der Waals surface area contributed by atoms with Crippen LogP contribution in [0.4, 0.5) is 0 Å². The van der Waals surface area contributed by atoms with Gasteiger partial charge in [-0.2, -0.15) is 0 Å². The molecule has 0 aliphatic heterocycles. The molecule has 106 valence electrons. The van der Waals surface area contributed by atoms with Crippen molar-refractivity contribution in [3.8, 4) is 0 Å². The van der Waals surface area contributed by atoms with Gasteiger partial charge < -0.3 is 6.15 Å². The van der Waals surface area contributed by atoms with E-state index in [1.807, 2.05) is 0 Å². The van der Waals surface area contributed by atoms with Crippen molar-refractivity contribution in [2.75, 3.05) is 0 Å². The van der Waals surface area contributed by atoms with Crippen molar-refractivity contribution in [2.45, 2.75) is 88.9 Å². The largest absolute Gasteiger partial charge is 0.344 e. The molecule has 0 heterocycles. The number of hydrogen-bond acceptors (Lipinski definition) is 1. The molecule has 2 heteroatoms. The quantitative estimate of drug-likeness (QED) is 0.351. The summed E-state index contributed by atoms with van der Waals surface area (Å²) in [5, 5.41) is 0. The molecule has 0 rings (SSSR count). The predicted octanol–water partition coefficient (Wildman–Crippen LogP) is 6.53. The number of halogens is 1. The third-order valence-corrected chi connectivity index (χ3v) is 5.91. The summed E-state index contributed by atoms with van der Waals surface area (Å²) < 4.78 is 0.582. The van der Waals surface area contributed by atoms with Crippen LogP contribution < -0.4 is 6.15 Å². The molecule has 1 nitrogen and oxygen atoms in total. The van der Waals surface area contributed by atoms with Gasteiger partial charge in [0, 0.05) is 3.42 Å². The van der Waals surface area contributed by atoms with E-state index in [0.29, 0.717) is 3.42 Å². The maximum Gasteiger partial charge on any atom is 0.0248 e. The average molecular weight is 355 g/mol. The van der Waals surface area contributed by atoms with Crippen molar-refractivity contribution in [1.29, 1.82) is 0 Å². The molecule has 0 aromatic heterocycles. The van der Waals surface area contributed by atoms with Crippen molar-refractivity contribution in [2.24, 2.45) is 5.92 Å². The summed E-state index contributed by atoms with van der Waals surface area (Å²) in [4.78, 5) is 0. The van der Waals surface area contributed by atoms with E-state index in [9.17, 15) is 0 Å². The van der Waals surface area contributed by atoms with Gasteiger partial charge >= 0.3 is 0 Å².